The predicted octanol–water partition coefficient (Wildman–Crippen LogP) is 5.45. The van der Waals surface area contributed by atoms with E-state index in [0.29, 0.717) is 11.7 Å². The molecule has 0 saturated carbocycles. The monoisotopic (exact) mass is 442 g/mol. The molecule has 1 fully saturated rings. The third-order valence-corrected chi connectivity index (χ3v) is 7.02. The lowest BCUT2D eigenvalue weighted by Gasteiger charge is -2.42. The van der Waals surface area contributed by atoms with Crippen molar-refractivity contribution in [2.45, 2.75) is 45.6 Å². The maximum Gasteiger partial charge on any atom is 0.142 e. The highest BCUT2D eigenvalue weighted by Crippen LogP contribution is 2.32. The normalized spacial score (nSPS) is 17.3. The van der Waals surface area contributed by atoms with Crippen molar-refractivity contribution in [1.82, 2.24) is 19.9 Å². The van der Waals surface area contributed by atoms with Gasteiger partial charge < -0.3 is 15.6 Å². The highest BCUT2D eigenvalue weighted by atomic mass is 15.3. The molecule has 0 aliphatic carbocycles. The largest absolute Gasteiger partial charge is 0.398 e. The molecule has 6 nitrogen and oxygen atoms in total. The standard InChI is InChI=1S/C27H34N6/c1-3-5-6-9-20-18-32(4-2)14-15-33(20)19-12-13-24-25(16-19)31-27(30-24)22-17-29-23-11-8-7-10-21(23)26(22)28/h7-8,10-13,16-17,20H,3-6,9,14-15,18H2,1-2H3,(H2,28,29)(H,30,31). The van der Waals surface area contributed by atoms with E-state index in [9.17, 15) is 0 Å². The van der Waals surface area contributed by atoms with Gasteiger partial charge in [-0.2, -0.15) is 0 Å². The second-order valence-electron chi connectivity index (χ2n) is 9.13. The van der Waals surface area contributed by atoms with Gasteiger partial charge in [0.15, 0.2) is 0 Å². The first kappa shape index (κ1) is 21.7. The number of likely N-dealkylation sites (N-methyl/N-ethyl adjacent to an activating group) is 1. The van der Waals surface area contributed by atoms with E-state index in [1.807, 2.05) is 30.5 Å². The molecular formula is C27H34N6. The Balaban J connectivity index is 1.46. The molecule has 0 radical (unpaired) electrons. The van der Waals surface area contributed by atoms with Crippen LogP contribution < -0.4 is 10.6 Å². The van der Waals surface area contributed by atoms with Gasteiger partial charge in [-0.15, -0.1) is 0 Å². The molecule has 172 valence electrons. The molecule has 3 heterocycles. The first-order valence-electron chi connectivity index (χ1n) is 12.3. The lowest BCUT2D eigenvalue weighted by atomic mass is 10.0. The number of nitrogens with one attached hydrogen (secondary N) is 1. The van der Waals surface area contributed by atoms with Crippen molar-refractivity contribution >= 4 is 33.3 Å². The number of H-pyrrole nitrogens is 1. The highest BCUT2D eigenvalue weighted by Gasteiger charge is 2.26. The number of pyridine rings is 1. The van der Waals surface area contributed by atoms with Gasteiger partial charge in [-0.3, -0.25) is 9.88 Å². The number of benzene rings is 2. The molecule has 2 aromatic carbocycles. The topological polar surface area (TPSA) is 74.1 Å². The van der Waals surface area contributed by atoms with Crippen LogP contribution in [-0.2, 0) is 0 Å². The Bertz CT molecular complexity index is 1250. The molecule has 1 aliphatic heterocycles. The molecule has 1 saturated heterocycles. The Morgan fingerprint density at radius 1 is 1.06 bits per heavy atom. The number of hydrogen-bond acceptors (Lipinski definition) is 5. The van der Waals surface area contributed by atoms with E-state index in [2.05, 4.69) is 51.8 Å². The smallest absolute Gasteiger partial charge is 0.142 e. The van der Waals surface area contributed by atoms with Crippen molar-refractivity contribution in [2.24, 2.45) is 0 Å². The van der Waals surface area contributed by atoms with Gasteiger partial charge in [0.25, 0.3) is 0 Å². The van der Waals surface area contributed by atoms with Gasteiger partial charge in [0.1, 0.15) is 5.82 Å². The zero-order valence-corrected chi connectivity index (χ0v) is 19.7. The predicted molar refractivity (Wildman–Crippen MR) is 139 cm³/mol. The van der Waals surface area contributed by atoms with Crippen molar-refractivity contribution in [3.63, 3.8) is 0 Å². The SMILES string of the molecule is CCCCCC1CN(CC)CCN1c1ccc2nc(-c3cnc4ccccc4c3N)[nH]c2c1. The molecule has 3 N–H and O–H groups in total. The fourth-order valence-electron chi connectivity index (χ4n) is 5.08. The van der Waals surface area contributed by atoms with Crippen molar-refractivity contribution in [1.29, 1.82) is 0 Å². The van der Waals surface area contributed by atoms with Crippen LogP contribution in [0.5, 0.6) is 0 Å². The number of piperazine rings is 1. The summed E-state index contributed by atoms with van der Waals surface area (Å²) in [5.74, 6) is 0.771. The summed E-state index contributed by atoms with van der Waals surface area (Å²) in [7, 11) is 0. The van der Waals surface area contributed by atoms with Crippen LogP contribution in [0, 0.1) is 0 Å². The summed E-state index contributed by atoms with van der Waals surface area (Å²) in [5, 5.41) is 0.958. The minimum Gasteiger partial charge on any atom is -0.398 e. The van der Waals surface area contributed by atoms with E-state index in [-0.39, 0.29) is 0 Å². The Labute approximate surface area is 195 Å². The molecule has 5 rings (SSSR count). The lowest BCUT2D eigenvalue weighted by molar-refractivity contribution is 0.225. The van der Waals surface area contributed by atoms with Crippen molar-refractivity contribution in [2.75, 3.05) is 36.8 Å². The summed E-state index contributed by atoms with van der Waals surface area (Å²) in [4.78, 5) is 18.1. The number of nitrogens with zero attached hydrogens (tertiary/aromatic N) is 4. The average Bonchev–Trinajstić information content (AvgIpc) is 3.27. The number of rotatable bonds is 7. The van der Waals surface area contributed by atoms with E-state index < -0.39 is 0 Å². The Morgan fingerprint density at radius 3 is 2.79 bits per heavy atom. The van der Waals surface area contributed by atoms with Gasteiger partial charge in [-0.25, -0.2) is 4.98 Å². The number of anilines is 2. The number of aromatic nitrogens is 3. The third kappa shape index (κ3) is 4.27. The fraction of sp³-hybridized carbons (Fsp3) is 0.407. The summed E-state index contributed by atoms with van der Waals surface area (Å²) < 4.78 is 0. The van der Waals surface area contributed by atoms with Crippen LogP contribution in [0.25, 0.3) is 33.3 Å². The van der Waals surface area contributed by atoms with E-state index in [1.165, 1.54) is 31.4 Å². The third-order valence-electron chi connectivity index (χ3n) is 7.02. The van der Waals surface area contributed by atoms with Crippen molar-refractivity contribution in [3.05, 3.63) is 48.7 Å². The maximum atomic E-state index is 6.51. The first-order valence-corrected chi connectivity index (χ1v) is 12.3. The zero-order valence-electron chi connectivity index (χ0n) is 19.7. The molecule has 0 spiro atoms. The lowest BCUT2D eigenvalue weighted by Crippen LogP contribution is -2.53. The Kier molecular flexibility index (Phi) is 6.18. The van der Waals surface area contributed by atoms with Gasteiger partial charge in [-0.1, -0.05) is 51.3 Å². The van der Waals surface area contributed by atoms with Gasteiger partial charge in [0, 0.05) is 42.9 Å². The number of hydrogen-bond donors (Lipinski definition) is 2. The Hall–Kier alpha value is -3.12. The highest BCUT2D eigenvalue weighted by molar-refractivity contribution is 5.97. The molecule has 0 amide bonds. The van der Waals surface area contributed by atoms with Crippen LogP contribution in [0.15, 0.2) is 48.7 Å². The number of unbranched alkanes of at least 4 members (excludes halogenated alkanes) is 2. The summed E-state index contributed by atoms with van der Waals surface area (Å²) >= 11 is 0. The van der Waals surface area contributed by atoms with Gasteiger partial charge in [0.05, 0.1) is 27.8 Å². The molecule has 33 heavy (non-hydrogen) atoms. The zero-order chi connectivity index (χ0) is 22.8. The number of imidazole rings is 1. The number of nitrogen functional groups attached to an aromatic ring is 1. The number of nitrogens with two attached hydrogens (primary N) is 1. The van der Waals surface area contributed by atoms with Crippen LogP contribution >= 0.6 is 0 Å². The minimum absolute atomic E-state index is 0.561. The molecule has 1 atom stereocenters. The van der Waals surface area contributed by atoms with Gasteiger partial charge >= 0.3 is 0 Å². The fourth-order valence-corrected chi connectivity index (χ4v) is 5.08. The van der Waals surface area contributed by atoms with E-state index in [1.54, 1.807) is 0 Å². The van der Waals surface area contributed by atoms with Crippen LogP contribution in [0.4, 0.5) is 11.4 Å². The number of para-hydroxylation sites is 1. The molecule has 1 aliphatic rings. The van der Waals surface area contributed by atoms with Gasteiger partial charge in [0.2, 0.25) is 0 Å². The summed E-state index contributed by atoms with van der Waals surface area (Å²) in [5.41, 5.74) is 12.2. The van der Waals surface area contributed by atoms with E-state index in [0.717, 1.165) is 59.5 Å². The maximum absolute atomic E-state index is 6.51. The summed E-state index contributed by atoms with van der Waals surface area (Å²) in [6, 6.07) is 15.1. The van der Waals surface area contributed by atoms with Crippen LogP contribution in [0.1, 0.15) is 39.5 Å². The van der Waals surface area contributed by atoms with Crippen LogP contribution in [-0.4, -0.2) is 52.1 Å². The van der Waals surface area contributed by atoms with Crippen molar-refractivity contribution < 1.29 is 0 Å². The minimum atomic E-state index is 0.561. The molecule has 2 aromatic heterocycles. The van der Waals surface area contributed by atoms with Crippen molar-refractivity contribution in [3.8, 4) is 11.4 Å². The molecule has 0 bridgehead atoms. The second kappa shape index (κ2) is 9.40. The van der Waals surface area contributed by atoms with E-state index >= 15 is 0 Å². The molecular weight excluding hydrogens is 408 g/mol. The summed E-state index contributed by atoms with van der Waals surface area (Å²) in [6.45, 7) is 9.00. The van der Waals surface area contributed by atoms with Crippen LogP contribution in [0.2, 0.25) is 0 Å². The quantitative estimate of drug-likeness (QED) is 0.372. The molecule has 1 unspecified atom stereocenters. The summed E-state index contributed by atoms with van der Waals surface area (Å²) in [6.07, 6.45) is 6.93. The van der Waals surface area contributed by atoms with Gasteiger partial charge in [-0.05, 0) is 37.2 Å². The first-order chi connectivity index (χ1) is 16.2. The van der Waals surface area contributed by atoms with Crippen LogP contribution in [0.3, 0.4) is 0 Å². The number of aromatic amines is 1. The second-order valence-corrected chi connectivity index (χ2v) is 9.13. The number of fused-ring (bicyclic) bond motifs is 2. The molecule has 4 aromatic rings. The van der Waals surface area contributed by atoms with E-state index in [4.69, 9.17) is 10.7 Å². The molecule has 6 heteroatoms. The Morgan fingerprint density at radius 2 is 1.94 bits per heavy atom. The average molecular weight is 443 g/mol.